The summed E-state index contributed by atoms with van der Waals surface area (Å²) in [4.78, 5) is 13.2. The first-order valence-corrected chi connectivity index (χ1v) is 8.08. The molecule has 0 aromatic rings. The van der Waals surface area contributed by atoms with Crippen LogP contribution >= 0.6 is 0 Å². The molecule has 116 valence electrons. The first-order valence-electron chi connectivity index (χ1n) is 6.47. The van der Waals surface area contributed by atoms with Crippen LogP contribution < -0.4 is 5.14 Å². The molecular weight excluding hydrogens is 297 g/mol. The Morgan fingerprint density at radius 3 is 2.10 bits per heavy atom. The molecule has 2 fully saturated rings. The first-order chi connectivity index (χ1) is 9.09. The minimum Gasteiger partial charge on any atom is -0.338 e. The third-order valence-electron chi connectivity index (χ3n) is 4.19. The molecule has 5 nitrogen and oxygen atoms in total. The summed E-state index contributed by atoms with van der Waals surface area (Å²) >= 11 is 0. The lowest BCUT2D eigenvalue weighted by Crippen LogP contribution is -2.42. The number of rotatable bonds is 2. The van der Waals surface area contributed by atoms with Crippen molar-refractivity contribution < 1.29 is 26.4 Å². The summed E-state index contributed by atoms with van der Waals surface area (Å²) in [6, 6.07) is -0.298. The van der Waals surface area contributed by atoms with Crippen LogP contribution in [0.1, 0.15) is 32.1 Å². The molecule has 2 rings (SSSR count). The number of alkyl halides is 3. The second-order valence-corrected chi connectivity index (χ2v) is 7.35. The Labute approximate surface area is 115 Å². The smallest absolute Gasteiger partial charge is 0.338 e. The Hall–Kier alpha value is -0.830. The minimum atomic E-state index is -4.19. The minimum absolute atomic E-state index is 0.000974. The zero-order valence-corrected chi connectivity index (χ0v) is 11.6. The number of likely N-dealkylation sites (tertiary alicyclic amines) is 1. The number of hydrogen-bond acceptors (Lipinski definition) is 3. The molecule has 0 bridgehead atoms. The van der Waals surface area contributed by atoms with E-state index in [0.29, 0.717) is 0 Å². The van der Waals surface area contributed by atoms with Crippen molar-refractivity contribution in [3.05, 3.63) is 0 Å². The normalized spacial score (nSPS) is 32.7. The van der Waals surface area contributed by atoms with E-state index in [1.54, 1.807) is 0 Å². The maximum atomic E-state index is 12.6. The molecular formula is C11H17F3N2O3S. The monoisotopic (exact) mass is 314 g/mol. The number of nitrogens with zero attached hydrogens (tertiary/aromatic N) is 1. The molecule has 0 spiro atoms. The molecule has 2 aliphatic rings. The summed E-state index contributed by atoms with van der Waals surface area (Å²) in [6.45, 7) is -0.000974. The van der Waals surface area contributed by atoms with Crippen LogP contribution in [0, 0.1) is 5.92 Å². The number of hydrogen-bond donors (Lipinski definition) is 1. The van der Waals surface area contributed by atoms with Crippen LogP contribution in [-0.4, -0.2) is 43.2 Å². The highest BCUT2D eigenvalue weighted by atomic mass is 32.2. The third-order valence-corrected chi connectivity index (χ3v) is 5.43. The van der Waals surface area contributed by atoms with E-state index in [1.807, 2.05) is 0 Å². The fourth-order valence-electron chi connectivity index (χ4n) is 2.99. The van der Waals surface area contributed by atoms with Gasteiger partial charge in [-0.2, -0.15) is 13.2 Å². The van der Waals surface area contributed by atoms with Gasteiger partial charge in [-0.25, -0.2) is 13.6 Å². The van der Waals surface area contributed by atoms with Gasteiger partial charge >= 0.3 is 6.18 Å². The predicted molar refractivity (Wildman–Crippen MR) is 65.0 cm³/mol. The van der Waals surface area contributed by atoms with Gasteiger partial charge in [-0.3, -0.25) is 4.79 Å². The standard InChI is InChI=1S/C11H17F3N2O3S/c12-11(13,14)7-1-3-8(4-2-7)16-6-9(5-10(16)17)20(15,18)19/h7-9H,1-6H2,(H2,15,18,19). The SMILES string of the molecule is NS(=O)(=O)C1CC(=O)N(C2CCC(C(F)(F)F)CC2)C1. The molecule has 0 radical (unpaired) electrons. The number of nitrogens with two attached hydrogens (primary N) is 1. The summed E-state index contributed by atoms with van der Waals surface area (Å²) in [6.07, 6.45) is -3.88. The Morgan fingerprint density at radius 2 is 1.70 bits per heavy atom. The second kappa shape index (κ2) is 5.18. The zero-order chi connectivity index (χ0) is 15.1. The highest BCUT2D eigenvalue weighted by Crippen LogP contribution is 2.39. The molecule has 0 aromatic carbocycles. The van der Waals surface area contributed by atoms with Crippen LogP contribution in [0.2, 0.25) is 0 Å². The maximum absolute atomic E-state index is 12.6. The van der Waals surface area contributed by atoms with Crippen molar-refractivity contribution in [1.82, 2.24) is 4.90 Å². The second-order valence-electron chi connectivity index (χ2n) is 5.51. The quantitative estimate of drug-likeness (QED) is 0.825. The topological polar surface area (TPSA) is 80.5 Å². The molecule has 20 heavy (non-hydrogen) atoms. The van der Waals surface area contributed by atoms with Crippen molar-refractivity contribution in [3.63, 3.8) is 0 Å². The van der Waals surface area contributed by atoms with E-state index >= 15 is 0 Å². The fourth-order valence-corrected chi connectivity index (χ4v) is 3.73. The van der Waals surface area contributed by atoms with Gasteiger partial charge < -0.3 is 4.90 Å². The Bertz CT molecular complexity index is 484. The number of carbonyl (C=O) groups is 1. The average Bonchev–Trinajstić information content (AvgIpc) is 2.70. The van der Waals surface area contributed by atoms with E-state index in [1.165, 1.54) is 4.90 Å². The van der Waals surface area contributed by atoms with E-state index in [-0.39, 0.29) is 50.6 Å². The summed E-state index contributed by atoms with van der Waals surface area (Å²) in [7, 11) is -3.78. The number of sulfonamides is 1. The summed E-state index contributed by atoms with van der Waals surface area (Å²) in [5, 5.41) is 4.08. The molecule has 1 atom stereocenters. The molecule has 0 aromatic heterocycles. The fraction of sp³-hybridized carbons (Fsp3) is 0.909. The number of amides is 1. The van der Waals surface area contributed by atoms with Gasteiger partial charge in [-0.15, -0.1) is 0 Å². The molecule has 1 saturated heterocycles. The van der Waals surface area contributed by atoms with Gasteiger partial charge in [0.1, 0.15) is 5.25 Å². The molecule has 1 aliphatic heterocycles. The van der Waals surface area contributed by atoms with E-state index < -0.39 is 27.4 Å². The zero-order valence-electron chi connectivity index (χ0n) is 10.8. The van der Waals surface area contributed by atoms with Crippen LogP contribution in [0.25, 0.3) is 0 Å². The maximum Gasteiger partial charge on any atom is 0.391 e. The Kier molecular flexibility index (Phi) is 4.03. The lowest BCUT2D eigenvalue weighted by Gasteiger charge is -2.35. The van der Waals surface area contributed by atoms with Crippen LogP contribution in [0.3, 0.4) is 0 Å². The number of halogens is 3. The van der Waals surface area contributed by atoms with Gasteiger partial charge in [0.05, 0.1) is 5.92 Å². The van der Waals surface area contributed by atoms with Gasteiger partial charge in [0, 0.05) is 19.0 Å². The van der Waals surface area contributed by atoms with Crippen molar-refractivity contribution in [2.75, 3.05) is 6.54 Å². The average molecular weight is 314 g/mol. The van der Waals surface area contributed by atoms with Crippen molar-refractivity contribution in [2.24, 2.45) is 11.1 Å². The predicted octanol–water partition coefficient (Wildman–Crippen LogP) is 0.997. The highest BCUT2D eigenvalue weighted by molar-refractivity contribution is 7.89. The highest BCUT2D eigenvalue weighted by Gasteiger charge is 2.45. The van der Waals surface area contributed by atoms with Crippen molar-refractivity contribution >= 4 is 15.9 Å². The molecule has 1 heterocycles. The lowest BCUT2D eigenvalue weighted by molar-refractivity contribution is -0.184. The van der Waals surface area contributed by atoms with Gasteiger partial charge in [0.15, 0.2) is 0 Å². The van der Waals surface area contributed by atoms with Crippen molar-refractivity contribution in [2.45, 2.75) is 49.6 Å². The van der Waals surface area contributed by atoms with E-state index in [0.717, 1.165) is 0 Å². The summed E-state index contributed by atoms with van der Waals surface area (Å²) in [5.74, 6) is -1.65. The largest absolute Gasteiger partial charge is 0.391 e. The van der Waals surface area contributed by atoms with Gasteiger partial charge in [-0.1, -0.05) is 0 Å². The van der Waals surface area contributed by atoms with Crippen molar-refractivity contribution in [3.8, 4) is 0 Å². The van der Waals surface area contributed by atoms with Gasteiger partial charge in [-0.05, 0) is 25.7 Å². The summed E-state index contributed by atoms with van der Waals surface area (Å²) < 4.78 is 60.2. The summed E-state index contributed by atoms with van der Waals surface area (Å²) in [5.41, 5.74) is 0. The number of carbonyl (C=O) groups excluding carboxylic acids is 1. The van der Waals surface area contributed by atoms with Crippen LogP contribution in [0.5, 0.6) is 0 Å². The molecule has 1 amide bonds. The first kappa shape index (κ1) is 15.6. The molecule has 1 aliphatic carbocycles. The molecule has 2 N–H and O–H groups in total. The van der Waals surface area contributed by atoms with E-state index in [2.05, 4.69) is 0 Å². The third kappa shape index (κ3) is 3.25. The van der Waals surface area contributed by atoms with Gasteiger partial charge in [0.25, 0.3) is 0 Å². The Balaban J connectivity index is 1.96. The van der Waals surface area contributed by atoms with Crippen LogP contribution in [0.15, 0.2) is 0 Å². The van der Waals surface area contributed by atoms with E-state index in [4.69, 9.17) is 5.14 Å². The molecule has 1 unspecified atom stereocenters. The molecule has 1 saturated carbocycles. The Morgan fingerprint density at radius 1 is 1.15 bits per heavy atom. The number of primary sulfonamides is 1. The van der Waals surface area contributed by atoms with Crippen molar-refractivity contribution in [1.29, 1.82) is 0 Å². The van der Waals surface area contributed by atoms with Crippen LogP contribution in [0.4, 0.5) is 13.2 Å². The van der Waals surface area contributed by atoms with E-state index in [9.17, 15) is 26.4 Å². The van der Waals surface area contributed by atoms with Gasteiger partial charge in [0.2, 0.25) is 15.9 Å². The molecule has 9 heteroatoms. The van der Waals surface area contributed by atoms with Crippen LogP contribution in [-0.2, 0) is 14.8 Å². The lowest BCUT2D eigenvalue weighted by atomic mass is 9.85.